The summed E-state index contributed by atoms with van der Waals surface area (Å²) < 4.78 is 18.8. The number of ether oxygens (including phenoxy) is 1. The van der Waals surface area contributed by atoms with E-state index >= 15 is 0 Å². The zero-order chi connectivity index (χ0) is 15.1. The normalized spacial score (nSPS) is 12.1. The molecule has 0 unspecified atom stereocenters. The lowest BCUT2D eigenvalue weighted by atomic mass is 10.1. The molecule has 0 saturated heterocycles. The van der Waals surface area contributed by atoms with Crippen molar-refractivity contribution in [2.45, 2.75) is 32.9 Å². The quantitative estimate of drug-likeness (QED) is 0.811. The van der Waals surface area contributed by atoms with Crippen molar-refractivity contribution >= 4 is 0 Å². The van der Waals surface area contributed by atoms with Crippen LogP contribution in [0.1, 0.15) is 37.4 Å². The van der Waals surface area contributed by atoms with Crippen LogP contribution in [0.15, 0.2) is 48.5 Å². The average Bonchev–Trinajstić information content (AvgIpc) is 2.51. The van der Waals surface area contributed by atoms with Crippen molar-refractivity contribution < 1.29 is 9.13 Å². The van der Waals surface area contributed by atoms with E-state index in [1.165, 1.54) is 6.07 Å². The van der Waals surface area contributed by atoms with E-state index in [0.29, 0.717) is 0 Å². The smallest absolute Gasteiger partial charge is 0.123 e. The van der Waals surface area contributed by atoms with Gasteiger partial charge in [0.2, 0.25) is 0 Å². The molecule has 0 radical (unpaired) electrons. The van der Waals surface area contributed by atoms with Crippen molar-refractivity contribution in [2.75, 3.05) is 6.61 Å². The van der Waals surface area contributed by atoms with Gasteiger partial charge in [0.05, 0.1) is 6.61 Å². The minimum Gasteiger partial charge on any atom is -0.494 e. The first kappa shape index (κ1) is 15.5. The van der Waals surface area contributed by atoms with Crippen LogP contribution in [0.3, 0.4) is 0 Å². The minimum atomic E-state index is -0.198. The predicted octanol–water partition coefficient (Wildman–Crippen LogP) is 4.47. The zero-order valence-electron chi connectivity index (χ0n) is 12.6. The summed E-state index contributed by atoms with van der Waals surface area (Å²) in [4.78, 5) is 0. The van der Waals surface area contributed by atoms with Crippen LogP contribution in [-0.2, 0) is 6.54 Å². The molecule has 2 nitrogen and oxygen atoms in total. The predicted molar refractivity (Wildman–Crippen MR) is 83.9 cm³/mol. The molecule has 0 saturated carbocycles. The Morgan fingerprint density at radius 3 is 2.71 bits per heavy atom. The van der Waals surface area contributed by atoms with Crippen molar-refractivity contribution in [2.24, 2.45) is 0 Å². The molecule has 21 heavy (non-hydrogen) atoms. The lowest BCUT2D eigenvalue weighted by Gasteiger charge is -2.15. The first-order valence-electron chi connectivity index (χ1n) is 7.39. The SMILES string of the molecule is CCCOc1cccc(CN[C@@H](C)c2cccc(F)c2)c1. The van der Waals surface area contributed by atoms with E-state index in [1.54, 1.807) is 12.1 Å². The largest absolute Gasteiger partial charge is 0.494 e. The summed E-state index contributed by atoms with van der Waals surface area (Å²) >= 11 is 0. The van der Waals surface area contributed by atoms with Gasteiger partial charge in [-0.25, -0.2) is 4.39 Å². The first-order chi connectivity index (χ1) is 10.2. The number of halogens is 1. The van der Waals surface area contributed by atoms with Crippen LogP contribution in [-0.4, -0.2) is 6.61 Å². The van der Waals surface area contributed by atoms with Crippen LogP contribution in [0.25, 0.3) is 0 Å². The standard InChI is InChI=1S/C18H22FNO/c1-3-10-21-18-9-4-6-15(11-18)13-20-14(2)16-7-5-8-17(19)12-16/h4-9,11-12,14,20H,3,10,13H2,1-2H3/t14-/m0/s1. The van der Waals surface area contributed by atoms with Crippen LogP contribution in [0.2, 0.25) is 0 Å². The zero-order valence-corrected chi connectivity index (χ0v) is 12.6. The van der Waals surface area contributed by atoms with E-state index in [9.17, 15) is 4.39 Å². The molecule has 0 aliphatic carbocycles. The van der Waals surface area contributed by atoms with Gasteiger partial charge in [-0.3, -0.25) is 0 Å². The topological polar surface area (TPSA) is 21.3 Å². The molecule has 0 amide bonds. The van der Waals surface area contributed by atoms with Gasteiger partial charge in [-0.15, -0.1) is 0 Å². The fourth-order valence-corrected chi connectivity index (χ4v) is 2.13. The highest BCUT2D eigenvalue weighted by atomic mass is 19.1. The van der Waals surface area contributed by atoms with Gasteiger partial charge in [0.1, 0.15) is 11.6 Å². The van der Waals surface area contributed by atoms with E-state index in [1.807, 2.05) is 31.2 Å². The van der Waals surface area contributed by atoms with E-state index in [-0.39, 0.29) is 11.9 Å². The molecule has 0 heterocycles. The summed E-state index contributed by atoms with van der Waals surface area (Å²) in [5.74, 6) is 0.700. The van der Waals surface area contributed by atoms with Crippen molar-refractivity contribution in [3.63, 3.8) is 0 Å². The van der Waals surface area contributed by atoms with Gasteiger partial charge < -0.3 is 10.1 Å². The van der Waals surface area contributed by atoms with Gasteiger partial charge in [-0.2, -0.15) is 0 Å². The maximum Gasteiger partial charge on any atom is 0.123 e. The van der Waals surface area contributed by atoms with Crippen molar-refractivity contribution in [1.29, 1.82) is 0 Å². The van der Waals surface area contributed by atoms with E-state index in [0.717, 1.165) is 36.4 Å². The molecule has 1 atom stereocenters. The lowest BCUT2D eigenvalue weighted by Crippen LogP contribution is -2.18. The van der Waals surface area contributed by atoms with Crippen LogP contribution in [0, 0.1) is 5.82 Å². The summed E-state index contributed by atoms with van der Waals surface area (Å²) in [6.45, 7) is 5.58. The molecule has 3 heteroatoms. The Bertz CT molecular complexity index is 571. The van der Waals surface area contributed by atoms with Gasteiger partial charge in [0.15, 0.2) is 0 Å². The third-order valence-electron chi connectivity index (χ3n) is 3.33. The highest BCUT2D eigenvalue weighted by Crippen LogP contribution is 2.17. The fourth-order valence-electron chi connectivity index (χ4n) is 2.13. The first-order valence-corrected chi connectivity index (χ1v) is 7.39. The van der Waals surface area contributed by atoms with Gasteiger partial charge >= 0.3 is 0 Å². The van der Waals surface area contributed by atoms with E-state index < -0.39 is 0 Å². The molecule has 1 N–H and O–H groups in total. The molecule has 2 aromatic rings. The fraction of sp³-hybridized carbons (Fsp3) is 0.333. The van der Waals surface area contributed by atoms with Crippen molar-refractivity contribution in [1.82, 2.24) is 5.32 Å². The second kappa shape index (κ2) is 7.79. The molecule has 2 rings (SSSR count). The van der Waals surface area contributed by atoms with Crippen LogP contribution in [0.4, 0.5) is 4.39 Å². The monoisotopic (exact) mass is 287 g/mol. The Hall–Kier alpha value is -1.87. The molecular weight excluding hydrogens is 265 g/mol. The summed E-state index contributed by atoms with van der Waals surface area (Å²) in [5, 5.41) is 3.40. The molecule has 0 spiro atoms. The number of nitrogens with one attached hydrogen (secondary N) is 1. The Morgan fingerprint density at radius 2 is 1.95 bits per heavy atom. The lowest BCUT2D eigenvalue weighted by molar-refractivity contribution is 0.317. The Balaban J connectivity index is 1.93. The summed E-state index contributed by atoms with van der Waals surface area (Å²) in [5.41, 5.74) is 2.11. The molecule has 0 aromatic heterocycles. The van der Waals surface area contributed by atoms with Crippen LogP contribution < -0.4 is 10.1 Å². The number of hydrogen-bond donors (Lipinski definition) is 1. The van der Waals surface area contributed by atoms with Crippen LogP contribution in [0.5, 0.6) is 5.75 Å². The van der Waals surface area contributed by atoms with Crippen molar-refractivity contribution in [3.05, 3.63) is 65.5 Å². The Kier molecular flexibility index (Phi) is 5.76. The number of benzene rings is 2. The Labute approximate surface area is 126 Å². The number of hydrogen-bond acceptors (Lipinski definition) is 2. The third kappa shape index (κ3) is 4.87. The molecule has 0 aliphatic rings. The summed E-state index contributed by atoms with van der Waals surface area (Å²) in [7, 11) is 0. The molecule has 112 valence electrons. The maximum atomic E-state index is 13.2. The Morgan fingerprint density at radius 1 is 1.14 bits per heavy atom. The molecule has 2 aromatic carbocycles. The second-order valence-electron chi connectivity index (χ2n) is 5.15. The maximum absolute atomic E-state index is 13.2. The molecule has 0 aliphatic heterocycles. The van der Waals surface area contributed by atoms with Crippen LogP contribution >= 0.6 is 0 Å². The van der Waals surface area contributed by atoms with Crippen molar-refractivity contribution in [3.8, 4) is 5.75 Å². The van der Waals surface area contributed by atoms with E-state index in [4.69, 9.17) is 4.74 Å². The third-order valence-corrected chi connectivity index (χ3v) is 3.33. The van der Waals surface area contributed by atoms with Gasteiger partial charge in [0.25, 0.3) is 0 Å². The molecule has 0 fully saturated rings. The minimum absolute atomic E-state index is 0.0981. The molecular formula is C18H22FNO. The second-order valence-corrected chi connectivity index (χ2v) is 5.15. The summed E-state index contributed by atoms with van der Waals surface area (Å²) in [6.07, 6.45) is 0.999. The highest BCUT2D eigenvalue weighted by molar-refractivity contribution is 5.28. The molecule has 0 bridgehead atoms. The summed E-state index contributed by atoms with van der Waals surface area (Å²) in [6, 6.07) is 14.9. The van der Waals surface area contributed by atoms with E-state index in [2.05, 4.69) is 18.3 Å². The van der Waals surface area contributed by atoms with Gasteiger partial charge in [-0.05, 0) is 48.7 Å². The number of rotatable bonds is 7. The highest BCUT2D eigenvalue weighted by Gasteiger charge is 2.06. The van der Waals surface area contributed by atoms with Gasteiger partial charge in [-0.1, -0.05) is 31.2 Å². The average molecular weight is 287 g/mol. The van der Waals surface area contributed by atoms with Gasteiger partial charge in [0, 0.05) is 12.6 Å².